The molecule has 0 aromatic heterocycles. The number of hydrogen-bond acceptors (Lipinski definition) is 2. The van der Waals surface area contributed by atoms with Gasteiger partial charge in [-0.2, -0.15) is 4.31 Å². The summed E-state index contributed by atoms with van der Waals surface area (Å²) in [7, 11) is -3.03. The van der Waals surface area contributed by atoms with Gasteiger partial charge >= 0.3 is 0 Å². The lowest BCUT2D eigenvalue weighted by atomic mass is 9.91. The molecule has 2 rings (SSSR count). The fourth-order valence-corrected chi connectivity index (χ4v) is 5.02. The standard InChI is InChI=1S/C13H25NO2S/c1-17(15,16)14(12-8-4-2-5-9-12)13-10-6-3-7-11-13/h12-13H,2-11H2,1H3. The Morgan fingerprint density at radius 2 is 1.12 bits per heavy atom. The Labute approximate surface area is 106 Å². The molecule has 0 unspecified atom stereocenters. The first-order valence-electron chi connectivity index (χ1n) is 7.07. The molecule has 0 atom stereocenters. The van der Waals surface area contributed by atoms with Crippen LogP contribution in [-0.2, 0) is 10.0 Å². The molecule has 2 fully saturated rings. The quantitative estimate of drug-likeness (QED) is 0.781. The normalized spacial score (nSPS) is 25.3. The Bertz CT molecular complexity index is 309. The van der Waals surface area contributed by atoms with Crippen LogP contribution in [0.25, 0.3) is 0 Å². The molecule has 2 aliphatic rings. The molecule has 0 aromatic carbocycles. The van der Waals surface area contributed by atoms with Gasteiger partial charge < -0.3 is 0 Å². The Morgan fingerprint density at radius 3 is 1.41 bits per heavy atom. The molecule has 2 saturated carbocycles. The van der Waals surface area contributed by atoms with Crippen LogP contribution in [0.2, 0.25) is 0 Å². The van der Waals surface area contributed by atoms with Crippen LogP contribution < -0.4 is 0 Å². The monoisotopic (exact) mass is 259 g/mol. The van der Waals surface area contributed by atoms with Crippen LogP contribution in [0.4, 0.5) is 0 Å². The van der Waals surface area contributed by atoms with Gasteiger partial charge in [-0.05, 0) is 25.7 Å². The van der Waals surface area contributed by atoms with Crippen molar-refractivity contribution in [2.75, 3.05) is 6.26 Å². The van der Waals surface area contributed by atoms with Gasteiger partial charge in [-0.15, -0.1) is 0 Å². The molecule has 0 saturated heterocycles. The summed E-state index contributed by atoms with van der Waals surface area (Å²) in [5.74, 6) is 0. The maximum absolute atomic E-state index is 12.1. The van der Waals surface area contributed by atoms with E-state index in [0.29, 0.717) is 12.1 Å². The predicted molar refractivity (Wildman–Crippen MR) is 70.4 cm³/mol. The van der Waals surface area contributed by atoms with Crippen molar-refractivity contribution in [3.63, 3.8) is 0 Å². The van der Waals surface area contributed by atoms with Crippen LogP contribution in [0.1, 0.15) is 64.2 Å². The number of sulfonamides is 1. The lowest BCUT2D eigenvalue weighted by Crippen LogP contribution is -2.48. The van der Waals surface area contributed by atoms with E-state index in [1.54, 1.807) is 0 Å². The molecule has 4 heteroatoms. The van der Waals surface area contributed by atoms with Gasteiger partial charge in [0.1, 0.15) is 0 Å². The van der Waals surface area contributed by atoms with Crippen LogP contribution in [0.15, 0.2) is 0 Å². The van der Waals surface area contributed by atoms with Gasteiger partial charge in [0.25, 0.3) is 0 Å². The van der Waals surface area contributed by atoms with Crippen molar-refractivity contribution in [2.24, 2.45) is 0 Å². The van der Waals surface area contributed by atoms with Crippen molar-refractivity contribution in [1.82, 2.24) is 4.31 Å². The van der Waals surface area contributed by atoms with Crippen LogP contribution in [-0.4, -0.2) is 31.1 Å². The average Bonchev–Trinajstić information content (AvgIpc) is 2.30. The van der Waals surface area contributed by atoms with E-state index in [0.717, 1.165) is 25.7 Å². The molecule has 3 nitrogen and oxygen atoms in total. The van der Waals surface area contributed by atoms with Crippen molar-refractivity contribution in [1.29, 1.82) is 0 Å². The van der Waals surface area contributed by atoms with Crippen LogP contribution in [0, 0.1) is 0 Å². The summed E-state index contributed by atoms with van der Waals surface area (Å²) in [6.45, 7) is 0. The maximum Gasteiger partial charge on any atom is 0.211 e. The average molecular weight is 259 g/mol. The predicted octanol–water partition coefficient (Wildman–Crippen LogP) is 2.91. The Hall–Kier alpha value is -0.0900. The van der Waals surface area contributed by atoms with Gasteiger partial charge in [0.2, 0.25) is 10.0 Å². The number of rotatable bonds is 3. The van der Waals surface area contributed by atoms with Gasteiger partial charge in [0, 0.05) is 12.1 Å². The van der Waals surface area contributed by atoms with Crippen molar-refractivity contribution < 1.29 is 8.42 Å². The summed E-state index contributed by atoms with van der Waals surface area (Å²) >= 11 is 0. The minimum Gasteiger partial charge on any atom is -0.212 e. The van der Waals surface area contributed by atoms with E-state index in [4.69, 9.17) is 0 Å². The van der Waals surface area contributed by atoms with E-state index < -0.39 is 10.0 Å². The van der Waals surface area contributed by atoms with Crippen LogP contribution in [0.3, 0.4) is 0 Å². The van der Waals surface area contributed by atoms with E-state index >= 15 is 0 Å². The molecule has 0 aromatic rings. The zero-order valence-electron chi connectivity index (χ0n) is 10.9. The zero-order valence-corrected chi connectivity index (χ0v) is 11.7. The first-order chi connectivity index (χ1) is 8.09. The summed E-state index contributed by atoms with van der Waals surface area (Å²) in [5.41, 5.74) is 0. The number of nitrogens with zero attached hydrogens (tertiary/aromatic N) is 1. The lowest BCUT2D eigenvalue weighted by molar-refractivity contribution is 0.171. The van der Waals surface area contributed by atoms with E-state index in [1.807, 2.05) is 4.31 Å². The fourth-order valence-electron chi connectivity index (χ4n) is 3.51. The second-order valence-corrected chi connectivity index (χ2v) is 7.56. The molecule has 0 amide bonds. The summed E-state index contributed by atoms with van der Waals surface area (Å²) in [6, 6.07) is 0.587. The minimum absolute atomic E-state index is 0.293. The number of hydrogen-bond donors (Lipinski definition) is 0. The van der Waals surface area contributed by atoms with E-state index in [1.165, 1.54) is 44.8 Å². The summed E-state index contributed by atoms with van der Waals surface area (Å²) < 4.78 is 26.0. The van der Waals surface area contributed by atoms with Gasteiger partial charge in [-0.1, -0.05) is 38.5 Å². The van der Waals surface area contributed by atoms with E-state index in [2.05, 4.69) is 0 Å². The second-order valence-electron chi connectivity index (χ2n) is 5.68. The van der Waals surface area contributed by atoms with Crippen molar-refractivity contribution in [3.8, 4) is 0 Å². The van der Waals surface area contributed by atoms with E-state index in [-0.39, 0.29) is 0 Å². The third kappa shape index (κ3) is 3.44. The molecule has 0 heterocycles. The lowest BCUT2D eigenvalue weighted by Gasteiger charge is -2.39. The molecule has 0 N–H and O–H groups in total. The van der Waals surface area contributed by atoms with Gasteiger partial charge in [0.15, 0.2) is 0 Å². The first kappa shape index (κ1) is 13.3. The zero-order chi connectivity index (χ0) is 12.3. The third-order valence-electron chi connectivity index (χ3n) is 4.25. The van der Waals surface area contributed by atoms with Crippen molar-refractivity contribution in [3.05, 3.63) is 0 Å². The SMILES string of the molecule is CS(=O)(=O)N(C1CCCCC1)C1CCCCC1. The largest absolute Gasteiger partial charge is 0.212 e. The van der Waals surface area contributed by atoms with Gasteiger partial charge in [-0.25, -0.2) is 8.42 Å². The highest BCUT2D eigenvalue weighted by molar-refractivity contribution is 7.88. The fraction of sp³-hybridized carbons (Fsp3) is 1.00. The molecular formula is C13H25NO2S. The van der Waals surface area contributed by atoms with Gasteiger partial charge in [0.05, 0.1) is 6.26 Å². The molecule has 2 aliphatic carbocycles. The van der Waals surface area contributed by atoms with Crippen LogP contribution in [0.5, 0.6) is 0 Å². The molecule has 0 aliphatic heterocycles. The van der Waals surface area contributed by atoms with Crippen LogP contribution >= 0.6 is 0 Å². The molecule has 17 heavy (non-hydrogen) atoms. The topological polar surface area (TPSA) is 37.4 Å². The van der Waals surface area contributed by atoms with Crippen molar-refractivity contribution >= 4 is 10.0 Å². The summed E-state index contributed by atoms with van der Waals surface area (Å²) in [4.78, 5) is 0. The molecular weight excluding hydrogens is 234 g/mol. The van der Waals surface area contributed by atoms with E-state index in [9.17, 15) is 8.42 Å². The Balaban J connectivity index is 2.11. The summed E-state index contributed by atoms with van der Waals surface area (Å²) in [6.07, 6.45) is 13.0. The molecule has 0 radical (unpaired) electrons. The molecule has 0 bridgehead atoms. The smallest absolute Gasteiger partial charge is 0.211 e. The third-order valence-corrected chi connectivity index (χ3v) is 5.61. The maximum atomic E-state index is 12.1. The second kappa shape index (κ2) is 5.70. The minimum atomic E-state index is -3.03. The van der Waals surface area contributed by atoms with Crippen molar-refractivity contribution in [2.45, 2.75) is 76.3 Å². The molecule has 0 spiro atoms. The summed E-state index contributed by atoms with van der Waals surface area (Å²) in [5, 5.41) is 0. The molecule has 100 valence electrons. The Kier molecular flexibility index (Phi) is 4.47. The Morgan fingerprint density at radius 1 is 0.765 bits per heavy atom. The highest BCUT2D eigenvalue weighted by Gasteiger charge is 2.34. The van der Waals surface area contributed by atoms with Gasteiger partial charge in [-0.3, -0.25) is 0 Å². The first-order valence-corrected chi connectivity index (χ1v) is 8.92. The highest BCUT2D eigenvalue weighted by atomic mass is 32.2. The highest BCUT2D eigenvalue weighted by Crippen LogP contribution is 2.31.